The third-order valence-electron chi connectivity index (χ3n) is 4.36. The molecule has 0 spiro atoms. The van der Waals surface area contributed by atoms with Crippen molar-refractivity contribution in [2.24, 2.45) is 5.92 Å². The minimum absolute atomic E-state index is 0.0315. The first-order chi connectivity index (χ1) is 10.2. The summed E-state index contributed by atoms with van der Waals surface area (Å²) in [5.74, 6) is 0.865. The molecule has 1 N–H and O–H groups in total. The third-order valence-corrected chi connectivity index (χ3v) is 5.68. The minimum atomic E-state index is 0.0315. The van der Waals surface area contributed by atoms with Crippen LogP contribution < -0.4 is 0 Å². The number of hydrogen-bond acceptors (Lipinski definition) is 4. The van der Waals surface area contributed by atoms with E-state index >= 15 is 0 Å². The van der Waals surface area contributed by atoms with Gasteiger partial charge >= 0.3 is 0 Å². The second-order valence-corrected chi connectivity index (χ2v) is 7.28. The molecule has 0 aromatic carbocycles. The van der Waals surface area contributed by atoms with Crippen molar-refractivity contribution >= 4 is 28.8 Å². The molecule has 4 nitrogen and oxygen atoms in total. The predicted octanol–water partition coefficient (Wildman–Crippen LogP) is 2.32. The molecule has 3 rings (SSSR count). The first kappa shape index (κ1) is 15.3. The number of carbonyl (C=O) groups is 1. The van der Waals surface area contributed by atoms with Gasteiger partial charge in [0.2, 0.25) is 0 Å². The van der Waals surface area contributed by atoms with Gasteiger partial charge in [0.1, 0.15) is 4.88 Å². The zero-order valence-corrected chi connectivity index (χ0v) is 13.6. The van der Waals surface area contributed by atoms with Crippen molar-refractivity contribution in [3.63, 3.8) is 0 Å². The topological polar surface area (TPSA) is 43.8 Å². The molecule has 116 valence electrons. The number of thiophene rings is 1. The molecule has 1 aromatic rings. The highest BCUT2D eigenvalue weighted by molar-refractivity contribution is 7.12. The molecule has 1 saturated carbocycles. The largest absolute Gasteiger partial charge is 0.396 e. The van der Waals surface area contributed by atoms with Crippen molar-refractivity contribution in [1.82, 2.24) is 9.80 Å². The standard InChI is InChI=1S/C15H21ClN2O2S/c16-13-4-8-21-14(13)15(20)18-6-5-17(9-11-1-2-11)12(10-18)3-7-19/h4,8,11-12,19H,1-3,5-7,9-10H2. The Morgan fingerprint density at radius 1 is 1.43 bits per heavy atom. The summed E-state index contributed by atoms with van der Waals surface area (Å²) < 4.78 is 0. The second kappa shape index (κ2) is 6.65. The Morgan fingerprint density at radius 3 is 2.86 bits per heavy atom. The number of halogens is 1. The van der Waals surface area contributed by atoms with E-state index in [1.54, 1.807) is 6.07 Å². The van der Waals surface area contributed by atoms with Crippen molar-refractivity contribution in [3.05, 3.63) is 21.3 Å². The Bertz CT molecular complexity index is 504. The summed E-state index contributed by atoms with van der Waals surface area (Å²) in [6.07, 6.45) is 3.39. The quantitative estimate of drug-likeness (QED) is 0.902. The first-order valence-electron chi connectivity index (χ1n) is 7.56. The smallest absolute Gasteiger partial charge is 0.265 e. The number of piperazine rings is 1. The Morgan fingerprint density at radius 2 is 2.24 bits per heavy atom. The third kappa shape index (κ3) is 3.59. The molecule has 1 atom stereocenters. The number of amides is 1. The number of rotatable bonds is 5. The van der Waals surface area contributed by atoms with Crippen LogP contribution in [0.15, 0.2) is 11.4 Å². The van der Waals surface area contributed by atoms with E-state index in [1.165, 1.54) is 24.2 Å². The molecule has 0 radical (unpaired) electrons. The lowest BCUT2D eigenvalue weighted by molar-refractivity contribution is 0.0411. The highest BCUT2D eigenvalue weighted by atomic mass is 35.5. The molecule has 2 fully saturated rings. The second-order valence-electron chi connectivity index (χ2n) is 5.95. The van der Waals surface area contributed by atoms with Crippen LogP contribution in [0, 0.1) is 5.92 Å². The fourth-order valence-corrected chi connectivity index (χ4v) is 4.07. The molecule has 1 unspecified atom stereocenters. The maximum atomic E-state index is 12.5. The molecular weight excluding hydrogens is 308 g/mol. The van der Waals surface area contributed by atoms with Crippen LogP contribution in [0.5, 0.6) is 0 Å². The molecule has 1 saturated heterocycles. The van der Waals surface area contributed by atoms with Crippen molar-refractivity contribution in [1.29, 1.82) is 0 Å². The van der Waals surface area contributed by atoms with Crippen LogP contribution >= 0.6 is 22.9 Å². The Labute approximate surface area is 134 Å². The van der Waals surface area contributed by atoms with Crippen LogP contribution in [-0.2, 0) is 0 Å². The van der Waals surface area contributed by atoms with Gasteiger partial charge in [-0.15, -0.1) is 11.3 Å². The fourth-order valence-electron chi connectivity index (χ4n) is 2.96. The number of hydrogen-bond donors (Lipinski definition) is 1. The van der Waals surface area contributed by atoms with E-state index < -0.39 is 0 Å². The maximum Gasteiger partial charge on any atom is 0.265 e. The zero-order valence-electron chi connectivity index (χ0n) is 12.0. The predicted molar refractivity (Wildman–Crippen MR) is 85.0 cm³/mol. The maximum absolute atomic E-state index is 12.5. The van der Waals surface area contributed by atoms with E-state index in [1.807, 2.05) is 10.3 Å². The van der Waals surface area contributed by atoms with Crippen molar-refractivity contribution < 1.29 is 9.90 Å². The normalized spacial score (nSPS) is 23.5. The van der Waals surface area contributed by atoms with Crippen molar-refractivity contribution in [2.75, 3.05) is 32.8 Å². The summed E-state index contributed by atoms with van der Waals surface area (Å²) in [6, 6.07) is 2.04. The monoisotopic (exact) mass is 328 g/mol. The Kier molecular flexibility index (Phi) is 4.84. The van der Waals surface area contributed by atoms with Crippen LogP contribution in [-0.4, -0.2) is 59.6 Å². The van der Waals surface area contributed by atoms with E-state index in [0.29, 0.717) is 16.4 Å². The summed E-state index contributed by atoms with van der Waals surface area (Å²) in [6.45, 7) is 3.64. The summed E-state index contributed by atoms with van der Waals surface area (Å²) in [5, 5.41) is 11.7. The van der Waals surface area contributed by atoms with Gasteiger partial charge in [-0.2, -0.15) is 0 Å². The van der Waals surface area contributed by atoms with Gasteiger partial charge < -0.3 is 10.0 Å². The molecule has 1 aliphatic heterocycles. The average molecular weight is 329 g/mol. The lowest BCUT2D eigenvalue weighted by Crippen LogP contribution is -2.55. The average Bonchev–Trinajstić information content (AvgIpc) is 3.19. The molecule has 0 bridgehead atoms. The van der Waals surface area contributed by atoms with Crippen molar-refractivity contribution in [3.8, 4) is 0 Å². The molecule has 6 heteroatoms. The van der Waals surface area contributed by atoms with Gasteiger partial charge in [0.25, 0.3) is 5.91 Å². The first-order valence-corrected chi connectivity index (χ1v) is 8.82. The Hall–Kier alpha value is -0.620. The van der Waals surface area contributed by atoms with Gasteiger partial charge in [0.15, 0.2) is 0 Å². The van der Waals surface area contributed by atoms with Crippen molar-refractivity contribution in [2.45, 2.75) is 25.3 Å². The summed E-state index contributed by atoms with van der Waals surface area (Å²) in [7, 11) is 0. The van der Waals surface area contributed by atoms with E-state index in [4.69, 9.17) is 11.6 Å². The summed E-state index contributed by atoms with van der Waals surface area (Å²) >= 11 is 7.47. The van der Waals surface area contributed by atoms with Crippen LogP contribution in [0.3, 0.4) is 0 Å². The summed E-state index contributed by atoms with van der Waals surface area (Å²) in [5.41, 5.74) is 0. The molecule has 2 aliphatic rings. The molecular formula is C15H21ClN2O2S. The van der Waals surface area contributed by atoms with Gasteiger partial charge in [0, 0.05) is 38.8 Å². The number of carbonyl (C=O) groups excluding carboxylic acids is 1. The molecule has 1 aromatic heterocycles. The lowest BCUT2D eigenvalue weighted by Gasteiger charge is -2.41. The Balaban J connectivity index is 1.65. The lowest BCUT2D eigenvalue weighted by atomic mass is 10.1. The molecule has 2 heterocycles. The van der Waals surface area contributed by atoms with Gasteiger partial charge in [-0.3, -0.25) is 9.69 Å². The SMILES string of the molecule is O=C(c1sccc1Cl)N1CCN(CC2CC2)C(CCO)C1. The van der Waals surface area contributed by atoms with E-state index in [2.05, 4.69) is 4.90 Å². The van der Waals surface area contributed by atoms with E-state index in [0.717, 1.165) is 32.0 Å². The van der Waals surface area contributed by atoms with E-state index in [9.17, 15) is 9.90 Å². The number of nitrogens with zero attached hydrogens (tertiary/aromatic N) is 2. The highest BCUT2D eigenvalue weighted by Crippen LogP contribution is 2.32. The van der Waals surface area contributed by atoms with Crippen LogP contribution in [0.25, 0.3) is 0 Å². The fraction of sp³-hybridized carbons (Fsp3) is 0.667. The zero-order chi connectivity index (χ0) is 14.8. The van der Waals surface area contributed by atoms with Crippen LogP contribution in [0.2, 0.25) is 5.02 Å². The van der Waals surface area contributed by atoms with Gasteiger partial charge in [0.05, 0.1) is 5.02 Å². The van der Waals surface area contributed by atoms with Gasteiger partial charge in [-0.1, -0.05) is 11.6 Å². The van der Waals surface area contributed by atoms with E-state index in [-0.39, 0.29) is 18.6 Å². The van der Waals surface area contributed by atoms with Gasteiger partial charge in [-0.05, 0) is 36.6 Å². The molecule has 21 heavy (non-hydrogen) atoms. The van der Waals surface area contributed by atoms with Gasteiger partial charge in [-0.25, -0.2) is 0 Å². The van der Waals surface area contributed by atoms with Crippen LogP contribution in [0.1, 0.15) is 28.9 Å². The number of aliphatic hydroxyl groups excluding tert-OH is 1. The van der Waals surface area contributed by atoms with Crippen LogP contribution in [0.4, 0.5) is 0 Å². The number of aliphatic hydroxyl groups is 1. The molecule has 1 amide bonds. The highest BCUT2D eigenvalue weighted by Gasteiger charge is 2.34. The molecule has 1 aliphatic carbocycles. The minimum Gasteiger partial charge on any atom is -0.396 e. The summed E-state index contributed by atoms with van der Waals surface area (Å²) in [4.78, 5) is 17.5.